The van der Waals surface area contributed by atoms with Crippen LogP contribution in [-0.2, 0) is 9.53 Å². The van der Waals surface area contributed by atoms with Crippen molar-refractivity contribution in [3.8, 4) is 10.6 Å². The van der Waals surface area contributed by atoms with Gasteiger partial charge in [0.15, 0.2) is 6.61 Å². The molecule has 0 radical (unpaired) electrons. The van der Waals surface area contributed by atoms with Gasteiger partial charge >= 0.3 is 5.97 Å². The number of nitrogens with zero attached hydrogens (tertiary/aromatic N) is 3. The molecule has 3 aromatic rings. The lowest BCUT2D eigenvalue weighted by atomic mass is 10.2. The number of aromatic nitrogens is 1. The second kappa shape index (κ2) is 8.75. The van der Waals surface area contributed by atoms with E-state index < -0.39 is 5.97 Å². The van der Waals surface area contributed by atoms with Gasteiger partial charge in [0.1, 0.15) is 9.88 Å². The molecule has 6 nitrogen and oxygen atoms in total. The number of amides is 1. The summed E-state index contributed by atoms with van der Waals surface area (Å²) in [6.45, 7) is 4.31. The number of hydrogen-bond acceptors (Lipinski definition) is 7. The van der Waals surface area contributed by atoms with Gasteiger partial charge in [0.2, 0.25) is 0 Å². The molecule has 0 N–H and O–H groups in total. The summed E-state index contributed by atoms with van der Waals surface area (Å²) >= 11 is 2.88. The number of thiophene rings is 1. The number of anilines is 1. The summed E-state index contributed by atoms with van der Waals surface area (Å²) in [5.74, 6) is -0.649. The van der Waals surface area contributed by atoms with Gasteiger partial charge in [-0.25, -0.2) is 9.78 Å². The summed E-state index contributed by atoms with van der Waals surface area (Å²) in [6, 6.07) is 12.1. The van der Waals surface area contributed by atoms with Crippen molar-refractivity contribution in [1.82, 2.24) is 9.88 Å². The van der Waals surface area contributed by atoms with E-state index in [-0.39, 0.29) is 12.5 Å². The topological polar surface area (TPSA) is 62.7 Å². The Balaban J connectivity index is 1.29. The van der Waals surface area contributed by atoms with E-state index in [4.69, 9.17) is 4.74 Å². The molecule has 1 aliphatic heterocycles. The number of piperazine rings is 1. The first kappa shape index (κ1) is 19.6. The molecule has 29 heavy (non-hydrogen) atoms. The van der Waals surface area contributed by atoms with Crippen molar-refractivity contribution in [2.45, 2.75) is 6.92 Å². The SMILES string of the molecule is Cc1nc(-c2ccsc2)sc1C(=O)OCC(=O)N1CCN(c2ccccc2)CC1. The largest absolute Gasteiger partial charge is 0.451 e. The summed E-state index contributed by atoms with van der Waals surface area (Å²) in [6.07, 6.45) is 0. The predicted octanol–water partition coefficient (Wildman–Crippen LogP) is 3.69. The van der Waals surface area contributed by atoms with Crippen LogP contribution in [0.1, 0.15) is 15.4 Å². The van der Waals surface area contributed by atoms with Crippen molar-refractivity contribution in [3.63, 3.8) is 0 Å². The van der Waals surface area contributed by atoms with Crippen LogP contribution in [0.3, 0.4) is 0 Å². The first-order chi connectivity index (χ1) is 14.1. The van der Waals surface area contributed by atoms with E-state index in [0.717, 1.165) is 29.3 Å². The van der Waals surface area contributed by atoms with Crippen LogP contribution >= 0.6 is 22.7 Å². The number of hydrogen-bond donors (Lipinski definition) is 0. The van der Waals surface area contributed by atoms with Crippen molar-refractivity contribution in [2.24, 2.45) is 0 Å². The van der Waals surface area contributed by atoms with E-state index >= 15 is 0 Å². The molecule has 1 saturated heterocycles. The fraction of sp³-hybridized carbons (Fsp3) is 0.286. The maximum Gasteiger partial charge on any atom is 0.350 e. The third-order valence-electron chi connectivity index (χ3n) is 4.83. The van der Waals surface area contributed by atoms with E-state index in [0.29, 0.717) is 23.7 Å². The van der Waals surface area contributed by atoms with Crippen molar-refractivity contribution in [2.75, 3.05) is 37.7 Å². The molecule has 1 amide bonds. The molecule has 0 saturated carbocycles. The van der Waals surface area contributed by atoms with Gasteiger partial charge in [-0.1, -0.05) is 18.2 Å². The molecule has 1 fully saturated rings. The Morgan fingerprint density at radius 3 is 2.55 bits per heavy atom. The molecule has 1 aliphatic rings. The van der Waals surface area contributed by atoms with E-state index in [1.807, 2.05) is 35.0 Å². The standard InChI is InChI=1S/C21H21N3O3S2/c1-15-19(29-20(22-15)16-7-12-28-14-16)21(26)27-13-18(25)24-10-8-23(9-11-24)17-5-3-2-4-6-17/h2-7,12,14H,8-11,13H2,1H3. The van der Waals surface area contributed by atoms with Gasteiger partial charge in [-0.15, -0.1) is 11.3 Å². The summed E-state index contributed by atoms with van der Waals surface area (Å²) in [7, 11) is 0. The third-order valence-corrected chi connectivity index (χ3v) is 6.70. The van der Waals surface area contributed by atoms with Crippen LogP contribution in [0.15, 0.2) is 47.2 Å². The van der Waals surface area contributed by atoms with Gasteiger partial charge < -0.3 is 14.5 Å². The number of ether oxygens (including phenoxy) is 1. The molecule has 4 rings (SSSR count). The van der Waals surface area contributed by atoms with Gasteiger partial charge in [0, 0.05) is 42.8 Å². The van der Waals surface area contributed by atoms with E-state index in [1.165, 1.54) is 11.3 Å². The average Bonchev–Trinajstić information content (AvgIpc) is 3.42. The fourth-order valence-electron chi connectivity index (χ4n) is 3.23. The molecule has 0 spiro atoms. The van der Waals surface area contributed by atoms with E-state index in [1.54, 1.807) is 23.2 Å². The molecule has 0 bridgehead atoms. The minimum absolute atomic E-state index is 0.161. The number of aryl methyl sites for hydroxylation is 1. The maximum atomic E-state index is 12.5. The average molecular weight is 428 g/mol. The summed E-state index contributed by atoms with van der Waals surface area (Å²) in [4.78, 5) is 33.8. The van der Waals surface area contributed by atoms with Crippen LogP contribution in [0, 0.1) is 6.92 Å². The smallest absolute Gasteiger partial charge is 0.350 e. The summed E-state index contributed by atoms with van der Waals surface area (Å²) in [5.41, 5.74) is 2.78. The molecule has 0 atom stereocenters. The lowest BCUT2D eigenvalue weighted by Crippen LogP contribution is -2.49. The Morgan fingerprint density at radius 2 is 1.86 bits per heavy atom. The number of benzene rings is 1. The monoisotopic (exact) mass is 427 g/mol. The quantitative estimate of drug-likeness (QED) is 0.581. The van der Waals surface area contributed by atoms with Crippen molar-refractivity contribution < 1.29 is 14.3 Å². The van der Waals surface area contributed by atoms with Gasteiger partial charge in [-0.05, 0) is 30.5 Å². The zero-order valence-electron chi connectivity index (χ0n) is 16.0. The highest BCUT2D eigenvalue weighted by molar-refractivity contribution is 7.17. The Kier molecular flexibility index (Phi) is 5.92. The molecule has 2 aromatic heterocycles. The number of carbonyl (C=O) groups is 2. The van der Waals surface area contributed by atoms with Crippen LogP contribution < -0.4 is 4.90 Å². The van der Waals surface area contributed by atoms with Crippen LogP contribution in [0.2, 0.25) is 0 Å². The lowest BCUT2D eigenvalue weighted by Gasteiger charge is -2.36. The second-order valence-electron chi connectivity index (χ2n) is 6.73. The molecule has 8 heteroatoms. The van der Waals surface area contributed by atoms with Crippen LogP contribution in [0.4, 0.5) is 5.69 Å². The first-order valence-electron chi connectivity index (χ1n) is 9.36. The molecule has 0 aliphatic carbocycles. The summed E-state index contributed by atoms with van der Waals surface area (Å²) in [5, 5.41) is 4.76. The van der Waals surface area contributed by atoms with Gasteiger partial charge in [-0.2, -0.15) is 11.3 Å². The Bertz CT molecular complexity index is 978. The predicted molar refractivity (Wildman–Crippen MR) is 116 cm³/mol. The molecule has 150 valence electrons. The minimum Gasteiger partial charge on any atom is -0.451 e. The zero-order chi connectivity index (χ0) is 20.2. The normalized spacial score (nSPS) is 14.1. The van der Waals surface area contributed by atoms with E-state index in [9.17, 15) is 9.59 Å². The minimum atomic E-state index is -0.488. The number of carbonyl (C=O) groups excluding carboxylic acids is 2. The van der Waals surface area contributed by atoms with Crippen molar-refractivity contribution >= 4 is 40.2 Å². The molecular weight excluding hydrogens is 406 g/mol. The van der Waals surface area contributed by atoms with Gasteiger partial charge in [0.25, 0.3) is 5.91 Å². The van der Waals surface area contributed by atoms with Crippen LogP contribution in [0.5, 0.6) is 0 Å². The number of thiazole rings is 1. The highest BCUT2D eigenvalue weighted by atomic mass is 32.1. The number of para-hydroxylation sites is 1. The second-order valence-corrected chi connectivity index (χ2v) is 8.50. The molecule has 1 aromatic carbocycles. The maximum absolute atomic E-state index is 12.5. The molecular formula is C21H21N3O3S2. The number of esters is 1. The van der Waals surface area contributed by atoms with E-state index in [2.05, 4.69) is 22.0 Å². The Labute approximate surface area is 177 Å². The fourth-order valence-corrected chi connectivity index (χ4v) is 4.90. The van der Waals surface area contributed by atoms with Crippen LogP contribution in [0.25, 0.3) is 10.6 Å². The molecule has 3 heterocycles. The first-order valence-corrected chi connectivity index (χ1v) is 11.1. The van der Waals surface area contributed by atoms with Crippen LogP contribution in [-0.4, -0.2) is 54.5 Å². The Hall–Kier alpha value is -2.71. The Morgan fingerprint density at radius 1 is 1.10 bits per heavy atom. The molecule has 0 unspecified atom stereocenters. The van der Waals surface area contributed by atoms with Crippen molar-refractivity contribution in [1.29, 1.82) is 0 Å². The number of rotatable bonds is 5. The van der Waals surface area contributed by atoms with Crippen molar-refractivity contribution in [3.05, 3.63) is 57.7 Å². The highest BCUT2D eigenvalue weighted by Crippen LogP contribution is 2.29. The highest BCUT2D eigenvalue weighted by Gasteiger charge is 2.24. The zero-order valence-corrected chi connectivity index (χ0v) is 17.7. The summed E-state index contributed by atoms with van der Waals surface area (Å²) < 4.78 is 5.30. The van der Waals surface area contributed by atoms with Gasteiger partial charge in [-0.3, -0.25) is 4.79 Å². The lowest BCUT2D eigenvalue weighted by molar-refractivity contribution is -0.134. The third kappa shape index (κ3) is 4.49. The van der Waals surface area contributed by atoms with Gasteiger partial charge in [0.05, 0.1) is 5.69 Å².